The van der Waals surface area contributed by atoms with Crippen LogP contribution in [0.2, 0.25) is 0 Å². The first-order chi connectivity index (χ1) is 7.18. The van der Waals surface area contributed by atoms with Gasteiger partial charge in [-0.15, -0.1) is 12.4 Å². The van der Waals surface area contributed by atoms with E-state index in [1.54, 1.807) is 6.92 Å². The quantitative estimate of drug-likeness (QED) is 0.761. The third-order valence-electron chi connectivity index (χ3n) is 1.48. The molecule has 0 saturated carbocycles. The third-order valence-corrected chi connectivity index (χ3v) is 1.48. The fraction of sp³-hybridized carbons (Fsp3) is 0.417. The molecule has 16 heavy (non-hydrogen) atoms. The van der Waals surface area contributed by atoms with Crippen LogP contribution < -0.4 is 5.32 Å². The molecule has 1 aliphatic heterocycles. The summed E-state index contributed by atoms with van der Waals surface area (Å²) < 4.78 is 4.66. The van der Waals surface area contributed by atoms with Crippen molar-refractivity contribution in [3.8, 4) is 0 Å². The van der Waals surface area contributed by atoms with E-state index in [0.29, 0.717) is 6.61 Å². The summed E-state index contributed by atoms with van der Waals surface area (Å²) in [6.07, 6.45) is 11.6. The standard InChI is InChI=1S/C6H7N.C6H12O2.ClH/c1-2-4-6-7-5-3-1;1-4-8-6(7)5(2)3;/h1-7H;5H,4H2,1-3H3;1H. The molecule has 92 valence electrons. The average molecular weight is 246 g/mol. The molecule has 4 heteroatoms. The van der Waals surface area contributed by atoms with Crippen molar-refractivity contribution in [3.63, 3.8) is 0 Å². The Balaban J connectivity index is 0. The van der Waals surface area contributed by atoms with Crippen molar-refractivity contribution in [2.24, 2.45) is 5.92 Å². The van der Waals surface area contributed by atoms with Crippen LogP contribution in [0.4, 0.5) is 0 Å². The monoisotopic (exact) mass is 245 g/mol. The molecule has 0 aromatic heterocycles. The van der Waals surface area contributed by atoms with Gasteiger partial charge in [0.1, 0.15) is 0 Å². The van der Waals surface area contributed by atoms with Crippen LogP contribution in [-0.4, -0.2) is 12.6 Å². The van der Waals surface area contributed by atoms with E-state index in [2.05, 4.69) is 10.1 Å². The van der Waals surface area contributed by atoms with Gasteiger partial charge >= 0.3 is 5.97 Å². The van der Waals surface area contributed by atoms with Crippen LogP contribution in [0.15, 0.2) is 36.7 Å². The summed E-state index contributed by atoms with van der Waals surface area (Å²) in [6.45, 7) is 5.92. The van der Waals surface area contributed by atoms with E-state index in [4.69, 9.17) is 0 Å². The van der Waals surface area contributed by atoms with Crippen molar-refractivity contribution in [3.05, 3.63) is 36.7 Å². The van der Waals surface area contributed by atoms with E-state index in [1.165, 1.54) is 0 Å². The van der Waals surface area contributed by atoms with E-state index in [0.717, 1.165) is 0 Å². The van der Waals surface area contributed by atoms with Crippen LogP contribution in [0, 0.1) is 5.92 Å². The van der Waals surface area contributed by atoms with Crippen molar-refractivity contribution in [1.29, 1.82) is 0 Å². The van der Waals surface area contributed by atoms with Gasteiger partial charge in [0.05, 0.1) is 12.5 Å². The highest BCUT2D eigenvalue weighted by Crippen LogP contribution is 1.93. The molecule has 1 rings (SSSR count). The number of halogens is 1. The highest BCUT2D eigenvalue weighted by Gasteiger charge is 2.04. The van der Waals surface area contributed by atoms with Gasteiger partial charge < -0.3 is 10.1 Å². The number of ether oxygens (including phenoxy) is 1. The maximum atomic E-state index is 10.5. The Bertz CT molecular complexity index is 244. The minimum Gasteiger partial charge on any atom is -0.466 e. The molecule has 1 heterocycles. The lowest BCUT2D eigenvalue weighted by molar-refractivity contribution is -0.146. The summed E-state index contributed by atoms with van der Waals surface area (Å²) in [5.74, 6) is -0.109. The number of hydrogen-bond acceptors (Lipinski definition) is 3. The molecule has 3 nitrogen and oxygen atoms in total. The molecular formula is C12H20ClNO2. The number of allylic oxidation sites excluding steroid dienone is 4. The SMILES string of the molecule is C1=CC=CNC=C1.CCOC(=O)C(C)C.Cl. The first-order valence-corrected chi connectivity index (χ1v) is 5.09. The lowest BCUT2D eigenvalue weighted by Gasteiger charge is -2.01. The minimum absolute atomic E-state index is 0. The van der Waals surface area contributed by atoms with E-state index >= 15 is 0 Å². The summed E-state index contributed by atoms with van der Waals surface area (Å²) in [6, 6.07) is 0. The van der Waals surface area contributed by atoms with Gasteiger partial charge in [-0.1, -0.05) is 26.0 Å². The van der Waals surface area contributed by atoms with Crippen molar-refractivity contribution in [1.82, 2.24) is 5.32 Å². The number of nitrogens with one attached hydrogen (secondary N) is 1. The highest BCUT2D eigenvalue weighted by atomic mass is 35.5. The Morgan fingerprint density at radius 1 is 1.19 bits per heavy atom. The number of carbonyl (C=O) groups is 1. The van der Waals surface area contributed by atoms with E-state index in [9.17, 15) is 4.79 Å². The van der Waals surface area contributed by atoms with Gasteiger partial charge in [0, 0.05) is 12.4 Å². The molecule has 0 saturated heterocycles. The second-order valence-corrected chi connectivity index (χ2v) is 3.18. The molecule has 0 aliphatic carbocycles. The molecule has 1 aliphatic rings. The van der Waals surface area contributed by atoms with Gasteiger partial charge in [-0.3, -0.25) is 4.79 Å². The van der Waals surface area contributed by atoms with Crippen LogP contribution in [0.3, 0.4) is 0 Å². The molecular weight excluding hydrogens is 226 g/mol. The Hall–Kier alpha value is -1.22. The summed E-state index contributed by atoms with van der Waals surface area (Å²) in [5.41, 5.74) is 0. The van der Waals surface area contributed by atoms with Crippen molar-refractivity contribution in [2.75, 3.05) is 6.61 Å². The van der Waals surface area contributed by atoms with Crippen LogP contribution >= 0.6 is 12.4 Å². The number of carbonyl (C=O) groups excluding carboxylic acids is 1. The zero-order valence-corrected chi connectivity index (χ0v) is 10.8. The molecule has 0 radical (unpaired) electrons. The topological polar surface area (TPSA) is 38.3 Å². The smallest absolute Gasteiger partial charge is 0.308 e. The van der Waals surface area contributed by atoms with Gasteiger partial charge in [0.15, 0.2) is 0 Å². The van der Waals surface area contributed by atoms with Crippen LogP contribution in [0.1, 0.15) is 20.8 Å². The lowest BCUT2D eigenvalue weighted by atomic mass is 10.2. The van der Waals surface area contributed by atoms with Crippen LogP contribution in [-0.2, 0) is 9.53 Å². The average Bonchev–Trinajstić information content (AvgIpc) is 2.50. The molecule has 1 N–H and O–H groups in total. The fourth-order valence-electron chi connectivity index (χ4n) is 0.715. The summed E-state index contributed by atoms with van der Waals surface area (Å²) >= 11 is 0. The molecule has 0 bridgehead atoms. The largest absolute Gasteiger partial charge is 0.466 e. The van der Waals surface area contributed by atoms with Crippen molar-refractivity contribution < 1.29 is 9.53 Å². The maximum absolute atomic E-state index is 10.5. The zero-order chi connectivity index (χ0) is 11.5. The summed E-state index contributed by atoms with van der Waals surface area (Å²) in [7, 11) is 0. The Labute approximate surface area is 104 Å². The van der Waals surface area contributed by atoms with E-state index in [1.807, 2.05) is 50.6 Å². The first-order valence-electron chi connectivity index (χ1n) is 5.09. The lowest BCUT2D eigenvalue weighted by Crippen LogP contribution is -2.10. The Kier molecular flexibility index (Phi) is 12.7. The molecule has 0 aromatic rings. The van der Waals surface area contributed by atoms with Crippen molar-refractivity contribution >= 4 is 18.4 Å². The summed E-state index contributed by atoms with van der Waals surface area (Å²) in [4.78, 5) is 10.5. The predicted molar refractivity (Wildman–Crippen MR) is 69.3 cm³/mol. The van der Waals surface area contributed by atoms with E-state index in [-0.39, 0.29) is 24.3 Å². The molecule has 0 unspecified atom stereocenters. The second-order valence-electron chi connectivity index (χ2n) is 3.18. The van der Waals surface area contributed by atoms with E-state index < -0.39 is 0 Å². The van der Waals surface area contributed by atoms with Crippen LogP contribution in [0.25, 0.3) is 0 Å². The third kappa shape index (κ3) is 10.9. The molecule has 0 atom stereocenters. The van der Waals surface area contributed by atoms with Crippen molar-refractivity contribution in [2.45, 2.75) is 20.8 Å². The number of hydrogen-bond donors (Lipinski definition) is 1. The normalized spacial score (nSPS) is 11.8. The zero-order valence-electron chi connectivity index (χ0n) is 9.97. The number of rotatable bonds is 2. The second kappa shape index (κ2) is 11.9. The molecule has 0 aromatic carbocycles. The van der Waals surface area contributed by atoms with Gasteiger partial charge in [-0.25, -0.2) is 0 Å². The van der Waals surface area contributed by atoms with Gasteiger partial charge in [0.25, 0.3) is 0 Å². The van der Waals surface area contributed by atoms with Gasteiger partial charge in [-0.2, -0.15) is 0 Å². The fourth-order valence-corrected chi connectivity index (χ4v) is 0.715. The maximum Gasteiger partial charge on any atom is 0.308 e. The molecule has 0 spiro atoms. The first kappa shape index (κ1) is 17.2. The molecule has 0 amide bonds. The van der Waals surface area contributed by atoms with Crippen LogP contribution in [0.5, 0.6) is 0 Å². The Morgan fingerprint density at radius 3 is 2.00 bits per heavy atom. The Morgan fingerprint density at radius 2 is 1.69 bits per heavy atom. The summed E-state index contributed by atoms with van der Waals surface area (Å²) in [5, 5.41) is 2.92. The minimum atomic E-state index is -0.118. The highest BCUT2D eigenvalue weighted by molar-refractivity contribution is 5.85. The van der Waals surface area contributed by atoms with Gasteiger partial charge in [-0.05, 0) is 19.1 Å². The molecule has 0 fully saturated rings. The predicted octanol–water partition coefficient (Wildman–Crippen LogP) is 2.80. The number of esters is 1. The van der Waals surface area contributed by atoms with Gasteiger partial charge in [0.2, 0.25) is 0 Å².